The number of hydrogen-bond donors (Lipinski definition) is 1. The lowest BCUT2D eigenvalue weighted by Gasteiger charge is -2.23. The molecule has 0 unspecified atom stereocenters. The molecule has 0 atom stereocenters. The molecule has 0 spiro atoms. The number of carbonyl (C=O) groups is 2. The van der Waals surface area contributed by atoms with Crippen LogP contribution in [0.15, 0.2) is 77.4 Å². The van der Waals surface area contributed by atoms with E-state index in [2.05, 4.69) is 10.3 Å². The van der Waals surface area contributed by atoms with E-state index in [0.29, 0.717) is 46.9 Å². The molecule has 2 heterocycles. The van der Waals surface area contributed by atoms with Gasteiger partial charge in [0.25, 0.3) is 5.91 Å². The summed E-state index contributed by atoms with van der Waals surface area (Å²) in [5.41, 5.74) is 2.29. The van der Waals surface area contributed by atoms with E-state index in [1.807, 2.05) is 43.3 Å². The van der Waals surface area contributed by atoms with E-state index in [1.165, 1.54) is 0 Å². The van der Waals surface area contributed by atoms with Crippen molar-refractivity contribution in [2.45, 2.75) is 13.3 Å². The summed E-state index contributed by atoms with van der Waals surface area (Å²) >= 11 is 0. The van der Waals surface area contributed by atoms with Gasteiger partial charge in [0.15, 0.2) is 5.76 Å². The van der Waals surface area contributed by atoms with Gasteiger partial charge < -0.3 is 19.4 Å². The predicted octanol–water partition coefficient (Wildman–Crippen LogP) is 4.99. The molecule has 4 rings (SSSR count). The molecular formula is C26H25N3O4. The van der Waals surface area contributed by atoms with Crippen LogP contribution in [0.5, 0.6) is 5.75 Å². The summed E-state index contributed by atoms with van der Waals surface area (Å²) in [6, 6.07) is 19.9. The van der Waals surface area contributed by atoms with Gasteiger partial charge in [-0.05, 0) is 42.8 Å². The minimum absolute atomic E-state index is 0.0859. The molecule has 0 radical (unpaired) electrons. The number of nitrogens with one attached hydrogen (secondary N) is 1. The fourth-order valence-electron chi connectivity index (χ4n) is 3.71. The number of ether oxygens (including phenoxy) is 1. The van der Waals surface area contributed by atoms with Gasteiger partial charge in [0.05, 0.1) is 30.1 Å². The Bertz CT molecular complexity index is 1270. The van der Waals surface area contributed by atoms with Crippen LogP contribution in [0.1, 0.15) is 23.7 Å². The quantitative estimate of drug-likeness (QED) is 0.415. The van der Waals surface area contributed by atoms with Crippen LogP contribution in [0.4, 0.5) is 5.69 Å². The van der Waals surface area contributed by atoms with Crippen LogP contribution in [0.25, 0.3) is 22.4 Å². The Kier molecular flexibility index (Phi) is 6.69. The molecule has 168 valence electrons. The van der Waals surface area contributed by atoms with E-state index in [9.17, 15) is 9.59 Å². The average molecular weight is 444 g/mol. The summed E-state index contributed by atoms with van der Waals surface area (Å²) in [5.74, 6) is 0.595. The fraction of sp³-hybridized carbons (Fsp3) is 0.192. The Balaban J connectivity index is 1.64. The van der Waals surface area contributed by atoms with Gasteiger partial charge in [-0.1, -0.05) is 37.3 Å². The molecule has 7 nitrogen and oxygen atoms in total. The van der Waals surface area contributed by atoms with E-state index in [-0.39, 0.29) is 18.4 Å². The molecule has 2 amide bonds. The zero-order chi connectivity index (χ0) is 23.2. The molecule has 0 fully saturated rings. The van der Waals surface area contributed by atoms with Crippen LogP contribution in [-0.4, -0.2) is 41.9 Å². The number of aromatic nitrogens is 1. The molecule has 1 N–H and O–H groups in total. The van der Waals surface area contributed by atoms with Crippen LogP contribution >= 0.6 is 0 Å². The normalized spacial score (nSPS) is 10.7. The van der Waals surface area contributed by atoms with Crippen molar-refractivity contribution < 1.29 is 18.7 Å². The van der Waals surface area contributed by atoms with Crippen molar-refractivity contribution in [3.63, 3.8) is 0 Å². The van der Waals surface area contributed by atoms with Crippen molar-refractivity contribution in [2.75, 3.05) is 25.5 Å². The van der Waals surface area contributed by atoms with Crippen LogP contribution in [-0.2, 0) is 4.79 Å². The minimum atomic E-state index is -0.300. The number of anilines is 1. The highest BCUT2D eigenvalue weighted by atomic mass is 16.5. The highest BCUT2D eigenvalue weighted by Gasteiger charge is 2.22. The summed E-state index contributed by atoms with van der Waals surface area (Å²) in [6.45, 7) is 2.32. The average Bonchev–Trinajstić information content (AvgIpc) is 3.38. The number of furan rings is 1. The van der Waals surface area contributed by atoms with Gasteiger partial charge >= 0.3 is 0 Å². The number of pyridine rings is 1. The second kappa shape index (κ2) is 9.99. The van der Waals surface area contributed by atoms with Crippen molar-refractivity contribution in [3.05, 3.63) is 78.6 Å². The topological polar surface area (TPSA) is 84.7 Å². The van der Waals surface area contributed by atoms with E-state index < -0.39 is 0 Å². The fourth-order valence-corrected chi connectivity index (χ4v) is 3.71. The SMILES string of the molecule is CCCN(CC(=O)Nc1ccccc1OC)C(=O)c1cc(-c2ccco2)nc2ccccc12. The molecule has 0 saturated heterocycles. The van der Waals surface area contributed by atoms with Crippen LogP contribution in [0.3, 0.4) is 0 Å². The summed E-state index contributed by atoms with van der Waals surface area (Å²) in [6.07, 6.45) is 2.28. The van der Waals surface area contributed by atoms with Crippen LogP contribution in [0, 0.1) is 0 Å². The Hall–Kier alpha value is -4.13. The van der Waals surface area contributed by atoms with Crippen molar-refractivity contribution in [1.29, 1.82) is 0 Å². The Morgan fingerprint density at radius 1 is 1.06 bits per heavy atom. The zero-order valence-electron chi connectivity index (χ0n) is 18.6. The number of nitrogens with zero attached hydrogens (tertiary/aromatic N) is 2. The third-order valence-corrected chi connectivity index (χ3v) is 5.22. The highest BCUT2D eigenvalue weighted by Crippen LogP contribution is 2.27. The lowest BCUT2D eigenvalue weighted by atomic mass is 10.1. The van der Waals surface area contributed by atoms with Crippen molar-refractivity contribution in [3.8, 4) is 17.2 Å². The van der Waals surface area contributed by atoms with Gasteiger partial charge in [-0.25, -0.2) is 4.98 Å². The Morgan fingerprint density at radius 3 is 2.61 bits per heavy atom. The monoisotopic (exact) mass is 443 g/mol. The van der Waals surface area contributed by atoms with E-state index in [0.717, 1.165) is 5.39 Å². The van der Waals surface area contributed by atoms with Gasteiger partial charge in [0.2, 0.25) is 5.91 Å². The third kappa shape index (κ3) is 4.87. The number of fused-ring (bicyclic) bond motifs is 1. The zero-order valence-corrected chi connectivity index (χ0v) is 18.6. The lowest BCUT2D eigenvalue weighted by Crippen LogP contribution is -2.38. The molecule has 33 heavy (non-hydrogen) atoms. The maximum Gasteiger partial charge on any atom is 0.255 e. The summed E-state index contributed by atoms with van der Waals surface area (Å²) in [4.78, 5) is 32.7. The Morgan fingerprint density at radius 2 is 1.85 bits per heavy atom. The maximum absolute atomic E-state index is 13.6. The number of para-hydroxylation sites is 3. The first-order valence-corrected chi connectivity index (χ1v) is 10.8. The van der Waals surface area contributed by atoms with Crippen molar-refractivity contribution in [1.82, 2.24) is 9.88 Å². The molecule has 0 aliphatic carbocycles. The number of benzene rings is 2. The molecule has 2 aromatic carbocycles. The minimum Gasteiger partial charge on any atom is -0.495 e. The van der Waals surface area contributed by atoms with Gasteiger partial charge in [0.1, 0.15) is 18.0 Å². The maximum atomic E-state index is 13.6. The summed E-state index contributed by atoms with van der Waals surface area (Å²) in [5, 5.41) is 3.57. The number of carbonyl (C=O) groups excluding carboxylic acids is 2. The number of hydrogen-bond acceptors (Lipinski definition) is 5. The molecule has 0 aliphatic heterocycles. The van der Waals surface area contributed by atoms with Gasteiger partial charge in [-0.3, -0.25) is 9.59 Å². The highest BCUT2D eigenvalue weighted by molar-refractivity contribution is 6.08. The summed E-state index contributed by atoms with van der Waals surface area (Å²) < 4.78 is 10.8. The number of rotatable bonds is 8. The molecule has 0 aliphatic rings. The smallest absolute Gasteiger partial charge is 0.255 e. The standard InChI is InChI=1S/C26H25N3O4/c1-3-14-29(17-25(30)28-21-11-6-7-12-23(21)32-2)26(31)19-16-22(24-13-8-15-33-24)27-20-10-5-4-9-18(19)20/h4-13,15-16H,3,14,17H2,1-2H3,(H,28,30). The van der Waals surface area contributed by atoms with E-state index in [1.54, 1.807) is 48.6 Å². The number of methoxy groups -OCH3 is 1. The molecule has 4 aromatic rings. The van der Waals surface area contributed by atoms with E-state index >= 15 is 0 Å². The van der Waals surface area contributed by atoms with Gasteiger partial charge in [-0.15, -0.1) is 0 Å². The van der Waals surface area contributed by atoms with Gasteiger partial charge in [0, 0.05) is 11.9 Å². The molecule has 7 heteroatoms. The van der Waals surface area contributed by atoms with Gasteiger partial charge in [-0.2, -0.15) is 0 Å². The first-order chi connectivity index (χ1) is 16.1. The first-order valence-electron chi connectivity index (χ1n) is 10.8. The van der Waals surface area contributed by atoms with Crippen molar-refractivity contribution >= 4 is 28.4 Å². The summed E-state index contributed by atoms with van der Waals surface area (Å²) in [7, 11) is 1.54. The van der Waals surface area contributed by atoms with Crippen LogP contribution in [0.2, 0.25) is 0 Å². The van der Waals surface area contributed by atoms with E-state index in [4.69, 9.17) is 9.15 Å². The molecular weight excluding hydrogens is 418 g/mol. The third-order valence-electron chi connectivity index (χ3n) is 5.22. The molecule has 2 aromatic heterocycles. The second-order valence-corrected chi connectivity index (χ2v) is 7.52. The largest absolute Gasteiger partial charge is 0.495 e. The van der Waals surface area contributed by atoms with Crippen LogP contribution < -0.4 is 10.1 Å². The second-order valence-electron chi connectivity index (χ2n) is 7.52. The first kappa shape index (κ1) is 22.1. The number of amides is 2. The Labute approximate surface area is 192 Å². The predicted molar refractivity (Wildman–Crippen MR) is 127 cm³/mol. The molecule has 0 saturated carbocycles. The molecule has 0 bridgehead atoms. The lowest BCUT2D eigenvalue weighted by molar-refractivity contribution is -0.116. The van der Waals surface area contributed by atoms with Crippen molar-refractivity contribution in [2.24, 2.45) is 0 Å².